The molecule has 126 valence electrons. The summed E-state index contributed by atoms with van der Waals surface area (Å²) >= 11 is 2.18. The summed E-state index contributed by atoms with van der Waals surface area (Å²) in [6.07, 6.45) is 18.9. The van der Waals surface area contributed by atoms with Gasteiger partial charge < -0.3 is 4.90 Å². The first-order valence-corrected chi connectivity index (χ1v) is 10.9. The first-order valence-electron chi connectivity index (χ1n) is 9.73. The van der Waals surface area contributed by atoms with Gasteiger partial charge >= 0.3 is 0 Å². The van der Waals surface area contributed by atoms with Crippen LogP contribution >= 0.6 is 11.8 Å². The summed E-state index contributed by atoms with van der Waals surface area (Å²) in [5, 5.41) is 0. The molecule has 2 heteroatoms. The molecule has 1 saturated heterocycles. The molecule has 0 unspecified atom stereocenters. The SMILES string of the molecule is CCCCCCCCCCCCSCCN1CCCCC1. The van der Waals surface area contributed by atoms with E-state index in [0.29, 0.717) is 0 Å². The van der Waals surface area contributed by atoms with Crippen LogP contribution in [0.3, 0.4) is 0 Å². The standard InChI is InChI=1S/C19H39NS/c1-2-3-4-5-6-7-8-9-10-14-18-21-19-17-20-15-12-11-13-16-20/h2-19H2,1H3. The molecule has 1 rings (SSSR count). The largest absolute Gasteiger partial charge is 0.303 e. The van der Waals surface area contributed by atoms with Crippen molar-refractivity contribution in [1.29, 1.82) is 0 Å². The fourth-order valence-electron chi connectivity index (χ4n) is 3.17. The lowest BCUT2D eigenvalue weighted by Gasteiger charge is -2.26. The Kier molecular flexibility index (Phi) is 14.0. The second kappa shape index (κ2) is 15.2. The number of nitrogens with zero attached hydrogens (tertiary/aromatic N) is 1. The molecule has 0 aromatic heterocycles. The minimum atomic E-state index is 1.34. The lowest BCUT2D eigenvalue weighted by atomic mass is 10.1. The molecular weight excluding hydrogens is 274 g/mol. The van der Waals surface area contributed by atoms with E-state index in [1.807, 2.05) is 0 Å². The summed E-state index contributed by atoms with van der Waals surface area (Å²) in [6, 6.07) is 0. The van der Waals surface area contributed by atoms with E-state index in [9.17, 15) is 0 Å². The van der Waals surface area contributed by atoms with Crippen LogP contribution in [0.2, 0.25) is 0 Å². The van der Waals surface area contributed by atoms with E-state index in [2.05, 4.69) is 23.6 Å². The van der Waals surface area contributed by atoms with Crippen molar-refractivity contribution >= 4 is 11.8 Å². The molecule has 1 heterocycles. The highest BCUT2D eigenvalue weighted by Crippen LogP contribution is 2.13. The van der Waals surface area contributed by atoms with Crippen molar-refractivity contribution in [3.63, 3.8) is 0 Å². The Balaban J connectivity index is 1.69. The van der Waals surface area contributed by atoms with Crippen molar-refractivity contribution in [2.24, 2.45) is 0 Å². The highest BCUT2D eigenvalue weighted by atomic mass is 32.2. The van der Waals surface area contributed by atoms with Gasteiger partial charge in [-0.1, -0.05) is 71.1 Å². The van der Waals surface area contributed by atoms with Crippen LogP contribution < -0.4 is 0 Å². The second-order valence-electron chi connectivity index (χ2n) is 6.70. The van der Waals surface area contributed by atoms with Gasteiger partial charge in [0.25, 0.3) is 0 Å². The number of likely N-dealkylation sites (tertiary alicyclic amines) is 1. The molecule has 0 radical (unpaired) electrons. The first-order chi connectivity index (χ1) is 10.4. The Morgan fingerprint density at radius 1 is 0.667 bits per heavy atom. The average Bonchev–Trinajstić information content (AvgIpc) is 2.53. The van der Waals surface area contributed by atoms with Crippen LogP contribution in [-0.2, 0) is 0 Å². The Hall–Kier alpha value is 0.310. The third kappa shape index (κ3) is 12.5. The van der Waals surface area contributed by atoms with Gasteiger partial charge in [0, 0.05) is 12.3 Å². The fraction of sp³-hybridized carbons (Fsp3) is 1.00. The highest BCUT2D eigenvalue weighted by Gasteiger charge is 2.08. The molecule has 0 bridgehead atoms. The molecule has 0 N–H and O–H groups in total. The Bertz CT molecular complexity index is 202. The number of unbranched alkanes of at least 4 members (excludes halogenated alkanes) is 9. The topological polar surface area (TPSA) is 3.24 Å². The van der Waals surface area contributed by atoms with E-state index in [0.717, 1.165) is 0 Å². The molecule has 1 aliphatic rings. The zero-order valence-corrected chi connectivity index (χ0v) is 15.4. The molecule has 1 aliphatic heterocycles. The van der Waals surface area contributed by atoms with E-state index in [1.54, 1.807) is 0 Å². The third-order valence-corrected chi connectivity index (χ3v) is 5.69. The number of piperidine rings is 1. The van der Waals surface area contributed by atoms with Gasteiger partial charge in [-0.25, -0.2) is 0 Å². The van der Waals surface area contributed by atoms with E-state index in [4.69, 9.17) is 0 Å². The van der Waals surface area contributed by atoms with Gasteiger partial charge in [-0.2, -0.15) is 11.8 Å². The Morgan fingerprint density at radius 3 is 1.86 bits per heavy atom. The van der Waals surface area contributed by atoms with Gasteiger partial charge in [0.15, 0.2) is 0 Å². The van der Waals surface area contributed by atoms with Gasteiger partial charge in [0.1, 0.15) is 0 Å². The van der Waals surface area contributed by atoms with Crippen LogP contribution in [0.25, 0.3) is 0 Å². The van der Waals surface area contributed by atoms with Gasteiger partial charge in [0.05, 0.1) is 0 Å². The number of thioether (sulfide) groups is 1. The van der Waals surface area contributed by atoms with E-state index in [1.165, 1.54) is 115 Å². The monoisotopic (exact) mass is 313 g/mol. The lowest BCUT2D eigenvalue weighted by molar-refractivity contribution is 0.242. The van der Waals surface area contributed by atoms with Gasteiger partial charge in [0.2, 0.25) is 0 Å². The fourth-order valence-corrected chi connectivity index (χ4v) is 4.17. The zero-order chi connectivity index (χ0) is 15.0. The van der Waals surface area contributed by atoms with Crippen LogP contribution in [0.5, 0.6) is 0 Å². The van der Waals surface area contributed by atoms with Crippen molar-refractivity contribution in [2.45, 2.75) is 90.4 Å². The summed E-state index contributed by atoms with van der Waals surface area (Å²) in [4.78, 5) is 2.66. The predicted molar refractivity (Wildman–Crippen MR) is 99.5 cm³/mol. The normalized spacial score (nSPS) is 16.4. The highest BCUT2D eigenvalue weighted by molar-refractivity contribution is 7.99. The summed E-state index contributed by atoms with van der Waals surface area (Å²) in [5.41, 5.74) is 0. The predicted octanol–water partition coefficient (Wildman–Crippen LogP) is 6.13. The maximum atomic E-state index is 2.66. The van der Waals surface area contributed by atoms with Crippen molar-refractivity contribution < 1.29 is 0 Å². The maximum absolute atomic E-state index is 2.66. The van der Waals surface area contributed by atoms with Gasteiger partial charge in [-0.3, -0.25) is 0 Å². The van der Waals surface area contributed by atoms with Crippen molar-refractivity contribution in [1.82, 2.24) is 4.90 Å². The second-order valence-corrected chi connectivity index (χ2v) is 7.92. The van der Waals surface area contributed by atoms with Crippen molar-refractivity contribution in [2.75, 3.05) is 31.1 Å². The van der Waals surface area contributed by atoms with E-state index >= 15 is 0 Å². The first kappa shape index (κ1) is 19.4. The summed E-state index contributed by atoms with van der Waals surface area (Å²) < 4.78 is 0. The van der Waals surface area contributed by atoms with E-state index in [-0.39, 0.29) is 0 Å². The van der Waals surface area contributed by atoms with Crippen LogP contribution in [0.1, 0.15) is 90.4 Å². The maximum Gasteiger partial charge on any atom is 0.00723 e. The molecule has 0 aliphatic carbocycles. The molecule has 0 spiro atoms. The van der Waals surface area contributed by atoms with Crippen LogP contribution in [0.4, 0.5) is 0 Å². The summed E-state index contributed by atoms with van der Waals surface area (Å²) in [6.45, 7) is 6.35. The minimum absolute atomic E-state index is 1.34. The number of rotatable bonds is 14. The molecule has 21 heavy (non-hydrogen) atoms. The minimum Gasteiger partial charge on any atom is -0.303 e. The average molecular weight is 314 g/mol. The molecule has 0 aromatic carbocycles. The van der Waals surface area contributed by atoms with Crippen LogP contribution in [0.15, 0.2) is 0 Å². The van der Waals surface area contributed by atoms with Gasteiger partial charge in [-0.05, 0) is 38.1 Å². The van der Waals surface area contributed by atoms with Crippen molar-refractivity contribution in [3.8, 4) is 0 Å². The lowest BCUT2D eigenvalue weighted by Crippen LogP contribution is -2.31. The van der Waals surface area contributed by atoms with Gasteiger partial charge in [-0.15, -0.1) is 0 Å². The van der Waals surface area contributed by atoms with E-state index < -0.39 is 0 Å². The molecule has 0 amide bonds. The molecule has 0 saturated carbocycles. The Morgan fingerprint density at radius 2 is 1.24 bits per heavy atom. The molecule has 1 fully saturated rings. The Labute approximate surface area is 138 Å². The quantitative estimate of drug-likeness (QED) is 0.355. The third-order valence-electron chi connectivity index (χ3n) is 4.64. The zero-order valence-electron chi connectivity index (χ0n) is 14.6. The summed E-state index contributed by atoms with van der Waals surface area (Å²) in [5.74, 6) is 2.75. The number of hydrogen-bond acceptors (Lipinski definition) is 2. The van der Waals surface area contributed by atoms with Crippen LogP contribution in [0, 0.1) is 0 Å². The summed E-state index contributed by atoms with van der Waals surface area (Å²) in [7, 11) is 0. The molecule has 0 atom stereocenters. The number of hydrogen-bond donors (Lipinski definition) is 0. The van der Waals surface area contributed by atoms with Crippen molar-refractivity contribution in [3.05, 3.63) is 0 Å². The molecule has 0 aromatic rings. The molecular formula is C19H39NS. The smallest absolute Gasteiger partial charge is 0.00723 e. The molecule has 1 nitrogen and oxygen atoms in total. The van der Waals surface area contributed by atoms with Crippen LogP contribution in [-0.4, -0.2) is 36.0 Å².